The second-order valence-corrected chi connectivity index (χ2v) is 10.2. The molecule has 1 saturated carbocycles. The molecule has 0 bridgehead atoms. The first-order valence-corrected chi connectivity index (χ1v) is 12.5. The van der Waals surface area contributed by atoms with E-state index in [-0.39, 0.29) is 31.5 Å². The number of alkyl carbamates (subject to hydrolysis) is 1. The smallest absolute Gasteiger partial charge is 0.407 e. The highest BCUT2D eigenvalue weighted by atomic mass is 16.5. The number of hydrogen-bond acceptors (Lipinski definition) is 4. The maximum atomic E-state index is 13.4. The van der Waals surface area contributed by atoms with E-state index in [1.165, 1.54) is 11.1 Å². The Kier molecular flexibility index (Phi) is 6.03. The summed E-state index contributed by atoms with van der Waals surface area (Å²) in [5, 5.41) is 12.5. The first-order valence-electron chi connectivity index (χ1n) is 12.5. The van der Waals surface area contributed by atoms with Gasteiger partial charge in [0.05, 0.1) is 10.8 Å². The third-order valence-corrected chi connectivity index (χ3v) is 8.45. The van der Waals surface area contributed by atoms with E-state index in [0.29, 0.717) is 32.2 Å². The average molecular weight is 477 g/mol. The zero-order valence-corrected chi connectivity index (χ0v) is 20.1. The first-order chi connectivity index (χ1) is 16.9. The fourth-order valence-corrected chi connectivity index (χ4v) is 5.96. The molecule has 1 heterocycles. The molecule has 0 spiro atoms. The van der Waals surface area contributed by atoms with Crippen LogP contribution >= 0.6 is 0 Å². The highest BCUT2D eigenvalue weighted by molar-refractivity contribution is 5.86. The van der Waals surface area contributed by atoms with Crippen molar-refractivity contribution in [1.29, 1.82) is 0 Å². The number of nitrogens with one attached hydrogen (secondary N) is 1. The highest BCUT2D eigenvalue weighted by Gasteiger charge is 2.51. The van der Waals surface area contributed by atoms with Crippen LogP contribution < -0.4 is 5.32 Å². The summed E-state index contributed by atoms with van der Waals surface area (Å²) in [6.07, 6.45) is 2.75. The molecule has 0 aromatic heterocycles. The normalized spacial score (nSPS) is 22.1. The largest absolute Gasteiger partial charge is 0.481 e. The molecule has 5 rings (SSSR count). The van der Waals surface area contributed by atoms with E-state index >= 15 is 0 Å². The Labute approximate surface area is 205 Å². The van der Waals surface area contributed by atoms with Crippen LogP contribution in [0.15, 0.2) is 48.5 Å². The van der Waals surface area contributed by atoms with E-state index in [9.17, 15) is 19.5 Å². The number of fused-ring (bicyclic) bond motifs is 3. The van der Waals surface area contributed by atoms with Crippen LogP contribution in [0, 0.1) is 10.8 Å². The lowest BCUT2D eigenvalue weighted by Crippen LogP contribution is -2.53. The fourth-order valence-electron chi connectivity index (χ4n) is 5.96. The molecule has 2 aliphatic carbocycles. The zero-order valence-electron chi connectivity index (χ0n) is 20.1. The highest BCUT2D eigenvalue weighted by Crippen LogP contribution is 2.46. The molecular formula is C28H32N2O5. The SMILES string of the molecule is CCC1(C(=O)O)CCN(C(=O)C2(CNC(=O)OCC3c4ccccc4-c4ccccc43)CCC2)C1. The number of carbonyl (C=O) groups excluding carboxylic acids is 2. The Hall–Kier alpha value is -3.35. The molecule has 1 unspecified atom stereocenters. The van der Waals surface area contributed by atoms with Gasteiger partial charge in [0.2, 0.25) is 5.91 Å². The van der Waals surface area contributed by atoms with Gasteiger partial charge in [0.1, 0.15) is 6.61 Å². The van der Waals surface area contributed by atoms with Crippen LogP contribution in [0.2, 0.25) is 0 Å². The third kappa shape index (κ3) is 3.97. The van der Waals surface area contributed by atoms with Crippen molar-refractivity contribution in [2.24, 2.45) is 10.8 Å². The lowest BCUT2D eigenvalue weighted by molar-refractivity contribution is -0.150. The van der Waals surface area contributed by atoms with E-state index in [2.05, 4.69) is 29.6 Å². The van der Waals surface area contributed by atoms with Crippen LogP contribution in [0.3, 0.4) is 0 Å². The maximum Gasteiger partial charge on any atom is 0.407 e. The molecule has 7 heteroatoms. The van der Waals surface area contributed by atoms with Crippen molar-refractivity contribution in [2.45, 2.75) is 44.9 Å². The van der Waals surface area contributed by atoms with E-state index in [4.69, 9.17) is 4.74 Å². The molecule has 3 aliphatic rings. The molecule has 35 heavy (non-hydrogen) atoms. The number of carboxylic acid groups (broad SMARTS) is 1. The Morgan fingerprint density at radius 3 is 2.14 bits per heavy atom. The predicted molar refractivity (Wildman–Crippen MR) is 131 cm³/mol. The van der Waals surface area contributed by atoms with Gasteiger partial charge in [-0.3, -0.25) is 9.59 Å². The molecular weight excluding hydrogens is 444 g/mol. The van der Waals surface area contributed by atoms with Crippen LogP contribution in [-0.2, 0) is 14.3 Å². The predicted octanol–water partition coefficient (Wildman–Crippen LogP) is 4.41. The van der Waals surface area contributed by atoms with E-state index < -0.39 is 22.9 Å². The summed E-state index contributed by atoms with van der Waals surface area (Å²) < 4.78 is 5.64. The number of hydrogen-bond donors (Lipinski definition) is 2. The van der Waals surface area contributed by atoms with Gasteiger partial charge < -0.3 is 20.1 Å². The number of carbonyl (C=O) groups is 3. The number of nitrogens with zero attached hydrogens (tertiary/aromatic N) is 1. The minimum Gasteiger partial charge on any atom is -0.481 e. The van der Waals surface area contributed by atoms with Crippen LogP contribution in [0.1, 0.15) is 56.1 Å². The summed E-state index contributed by atoms with van der Waals surface area (Å²) >= 11 is 0. The van der Waals surface area contributed by atoms with Gasteiger partial charge in [-0.15, -0.1) is 0 Å². The van der Waals surface area contributed by atoms with Gasteiger partial charge in [0.15, 0.2) is 0 Å². The van der Waals surface area contributed by atoms with Crippen molar-refractivity contribution < 1.29 is 24.2 Å². The topological polar surface area (TPSA) is 95.9 Å². The Balaban J connectivity index is 1.20. The Morgan fingerprint density at radius 2 is 1.63 bits per heavy atom. The Bertz CT molecular complexity index is 1110. The van der Waals surface area contributed by atoms with Gasteiger partial charge in [0, 0.05) is 25.6 Å². The zero-order chi connectivity index (χ0) is 24.6. The standard InChI is InChI=1S/C28H32N2O5/c1-2-27(25(32)33)14-15-30(18-27)24(31)28(12-7-13-28)17-29-26(34)35-16-23-21-10-5-3-8-19(21)20-9-4-6-11-22(20)23/h3-6,8-11,23H,2,7,12-18H2,1H3,(H,29,34)(H,32,33). The summed E-state index contributed by atoms with van der Waals surface area (Å²) in [7, 11) is 0. The molecule has 2 fully saturated rings. The third-order valence-electron chi connectivity index (χ3n) is 8.45. The van der Waals surface area contributed by atoms with E-state index in [1.807, 2.05) is 31.2 Å². The molecule has 0 radical (unpaired) electrons. The minimum atomic E-state index is -0.860. The molecule has 2 amide bonds. The molecule has 1 saturated heterocycles. The maximum absolute atomic E-state index is 13.4. The van der Waals surface area contributed by atoms with Crippen molar-refractivity contribution in [3.63, 3.8) is 0 Å². The van der Waals surface area contributed by atoms with Crippen LogP contribution in [0.25, 0.3) is 11.1 Å². The van der Waals surface area contributed by atoms with Crippen LogP contribution in [0.5, 0.6) is 0 Å². The molecule has 2 aromatic rings. The average Bonchev–Trinajstić information content (AvgIpc) is 3.43. The number of benzene rings is 2. The van der Waals surface area contributed by atoms with Crippen molar-refractivity contribution in [1.82, 2.24) is 10.2 Å². The number of aliphatic carboxylic acids is 1. The van der Waals surface area contributed by atoms with Gasteiger partial charge in [0.25, 0.3) is 0 Å². The number of carboxylic acids is 1. The number of ether oxygens (including phenoxy) is 1. The molecule has 184 valence electrons. The summed E-state index contributed by atoms with van der Waals surface area (Å²) in [6, 6.07) is 16.4. The molecule has 7 nitrogen and oxygen atoms in total. The van der Waals surface area contributed by atoms with Crippen molar-refractivity contribution in [2.75, 3.05) is 26.2 Å². The number of rotatable bonds is 7. The van der Waals surface area contributed by atoms with Gasteiger partial charge in [-0.1, -0.05) is 61.9 Å². The summed E-state index contributed by atoms with van der Waals surface area (Å²) in [5.74, 6) is -0.899. The van der Waals surface area contributed by atoms with E-state index in [0.717, 1.165) is 17.5 Å². The fraction of sp³-hybridized carbons (Fsp3) is 0.464. The van der Waals surface area contributed by atoms with Gasteiger partial charge in [-0.05, 0) is 47.9 Å². The number of likely N-dealkylation sites (tertiary alicyclic amines) is 1. The van der Waals surface area contributed by atoms with Gasteiger partial charge in [-0.2, -0.15) is 0 Å². The van der Waals surface area contributed by atoms with Crippen molar-refractivity contribution in [3.05, 3.63) is 59.7 Å². The Morgan fingerprint density at radius 1 is 1.00 bits per heavy atom. The molecule has 2 aromatic carbocycles. The molecule has 2 N–H and O–H groups in total. The van der Waals surface area contributed by atoms with Crippen LogP contribution in [-0.4, -0.2) is 54.2 Å². The van der Waals surface area contributed by atoms with Gasteiger partial charge >= 0.3 is 12.1 Å². The summed E-state index contributed by atoms with van der Waals surface area (Å²) in [4.78, 5) is 39.5. The lowest BCUT2D eigenvalue weighted by Gasteiger charge is -2.42. The second-order valence-electron chi connectivity index (χ2n) is 10.2. The monoisotopic (exact) mass is 476 g/mol. The summed E-state index contributed by atoms with van der Waals surface area (Å²) in [5.41, 5.74) is 3.13. The minimum absolute atomic E-state index is 0.0183. The molecule has 1 atom stereocenters. The van der Waals surface area contributed by atoms with Crippen molar-refractivity contribution in [3.8, 4) is 11.1 Å². The molecule has 1 aliphatic heterocycles. The first kappa shape index (κ1) is 23.4. The number of amides is 2. The lowest BCUT2D eigenvalue weighted by atomic mass is 9.67. The van der Waals surface area contributed by atoms with Crippen molar-refractivity contribution >= 4 is 18.0 Å². The van der Waals surface area contributed by atoms with Crippen LogP contribution in [0.4, 0.5) is 4.79 Å². The van der Waals surface area contributed by atoms with Gasteiger partial charge in [-0.25, -0.2) is 4.79 Å². The summed E-state index contributed by atoms with van der Waals surface area (Å²) in [6.45, 7) is 2.99. The second kappa shape index (κ2) is 9.02. The quantitative estimate of drug-likeness (QED) is 0.617. The van der Waals surface area contributed by atoms with E-state index in [1.54, 1.807) is 4.90 Å².